The van der Waals surface area contributed by atoms with Crippen LogP contribution in [0.25, 0.3) is 0 Å². The Morgan fingerprint density at radius 2 is 1.88 bits per heavy atom. The van der Waals surface area contributed by atoms with E-state index >= 15 is 0 Å². The summed E-state index contributed by atoms with van der Waals surface area (Å²) in [6.45, 7) is 2.42. The predicted octanol–water partition coefficient (Wildman–Crippen LogP) is 2.16. The lowest BCUT2D eigenvalue weighted by atomic mass is 9.84. The third-order valence-corrected chi connectivity index (χ3v) is 3.44. The van der Waals surface area contributed by atoms with Crippen LogP contribution in [0.4, 0.5) is 18.0 Å². The number of halogens is 3. The van der Waals surface area contributed by atoms with Gasteiger partial charge in [0.1, 0.15) is 5.60 Å². The van der Waals surface area contributed by atoms with Crippen LogP contribution in [0.1, 0.15) is 37.3 Å². The van der Waals surface area contributed by atoms with Crippen molar-refractivity contribution in [2.75, 3.05) is 13.2 Å². The second-order valence-electron chi connectivity index (χ2n) is 6.04. The number of hydrogen-bond donors (Lipinski definition) is 3. The Bertz CT molecular complexity index is 618. The largest absolute Gasteiger partial charge is 0.444 e. The summed E-state index contributed by atoms with van der Waals surface area (Å²) in [6, 6.07) is 4.69. The van der Waals surface area contributed by atoms with Crippen LogP contribution < -0.4 is 11.1 Å². The molecule has 25 heavy (non-hydrogen) atoms. The number of nitrogens with two attached hydrogens (primary N) is 1. The first-order valence-electron chi connectivity index (χ1n) is 7.51. The maximum absolute atomic E-state index is 13.3. The topological polar surface area (TPSA) is 102 Å². The Hall–Kier alpha value is -2.29. The van der Waals surface area contributed by atoms with Crippen molar-refractivity contribution in [3.8, 4) is 0 Å². The number of nitrogens with one attached hydrogen (secondary N) is 1. The van der Waals surface area contributed by atoms with Crippen LogP contribution in [0.5, 0.6) is 0 Å². The van der Waals surface area contributed by atoms with E-state index in [0.717, 1.165) is 6.07 Å². The van der Waals surface area contributed by atoms with Gasteiger partial charge in [0, 0.05) is 13.0 Å². The number of carbonyl (C=O) groups is 2. The van der Waals surface area contributed by atoms with Crippen molar-refractivity contribution in [1.82, 2.24) is 5.32 Å². The summed E-state index contributed by atoms with van der Waals surface area (Å²) in [5.41, 5.74) is 2.51. The minimum atomic E-state index is -4.65. The average Bonchev–Trinajstić information content (AvgIpc) is 2.48. The van der Waals surface area contributed by atoms with E-state index in [1.807, 2.05) is 0 Å². The van der Waals surface area contributed by atoms with Crippen LogP contribution in [0.15, 0.2) is 24.3 Å². The minimum Gasteiger partial charge on any atom is -0.444 e. The summed E-state index contributed by atoms with van der Waals surface area (Å²) < 4.78 is 44.8. The van der Waals surface area contributed by atoms with Crippen LogP contribution >= 0.6 is 0 Å². The molecular formula is C16H21F3N2O4. The molecule has 0 bridgehead atoms. The molecule has 0 heterocycles. The van der Waals surface area contributed by atoms with Crippen molar-refractivity contribution in [2.45, 2.75) is 38.0 Å². The zero-order chi connectivity index (χ0) is 19.3. The van der Waals surface area contributed by atoms with E-state index in [1.165, 1.54) is 32.0 Å². The zero-order valence-electron chi connectivity index (χ0n) is 13.9. The monoisotopic (exact) mass is 362 g/mol. The number of aliphatic hydroxyl groups excluding tert-OH is 1. The molecule has 140 valence electrons. The third-order valence-electron chi connectivity index (χ3n) is 3.44. The van der Waals surface area contributed by atoms with Gasteiger partial charge in [-0.15, -0.1) is 0 Å². The SMILES string of the molecule is CC(C)(CC(C(=O)NCCO)c1ccccc1C(F)(F)F)OC(N)=O. The number of alkyl halides is 3. The molecule has 2 amide bonds. The van der Waals surface area contributed by atoms with Gasteiger partial charge in [-0.25, -0.2) is 4.79 Å². The van der Waals surface area contributed by atoms with E-state index in [1.54, 1.807) is 0 Å². The maximum Gasteiger partial charge on any atom is 0.416 e. The van der Waals surface area contributed by atoms with Crippen LogP contribution in [0.3, 0.4) is 0 Å². The summed E-state index contributed by atoms with van der Waals surface area (Å²) in [4.78, 5) is 23.4. The van der Waals surface area contributed by atoms with Gasteiger partial charge in [-0.2, -0.15) is 13.2 Å². The van der Waals surface area contributed by atoms with E-state index in [0.29, 0.717) is 0 Å². The highest BCUT2D eigenvalue weighted by Crippen LogP contribution is 2.38. The van der Waals surface area contributed by atoms with Crippen molar-refractivity contribution < 1.29 is 32.6 Å². The summed E-state index contributed by atoms with van der Waals surface area (Å²) in [5, 5.41) is 11.2. The molecule has 0 aliphatic carbocycles. The van der Waals surface area contributed by atoms with Crippen molar-refractivity contribution in [1.29, 1.82) is 0 Å². The molecule has 4 N–H and O–H groups in total. The van der Waals surface area contributed by atoms with Crippen molar-refractivity contribution >= 4 is 12.0 Å². The fourth-order valence-corrected chi connectivity index (χ4v) is 2.51. The first kappa shape index (κ1) is 20.8. The van der Waals surface area contributed by atoms with E-state index in [2.05, 4.69) is 5.32 Å². The average molecular weight is 362 g/mol. The Kier molecular flexibility index (Phi) is 6.80. The molecule has 1 unspecified atom stereocenters. The Morgan fingerprint density at radius 3 is 2.40 bits per heavy atom. The van der Waals surface area contributed by atoms with E-state index in [-0.39, 0.29) is 25.1 Å². The van der Waals surface area contributed by atoms with Gasteiger partial charge in [0.15, 0.2) is 0 Å². The lowest BCUT2D eigenvalue weighted by molar-refractivity contribution is -0.139. The van der Waals surface area contributed by atoms with E-state index in [4.69, 9.17) is 15.6 Å². The van der Waals surface area contributed by atoms with Crippen molar-refractivity contribution in [2.24, 2.45) is 5.73 Å². The minimum absolute atomic E-state index is 0.110. The molecule has 1 atom stereocenters. The summed E-state index contributed by atoms with van der Waals surface area (Å²) >= 11 is 0. The fourth-order valence-electron chi connectivity index (χ4n) is 2.51. The highest BCUT2D eigenvalue weighted by atomic mass is 19.4. The molecule has 1 aromatic rings. The zero-order valence-corrected chi connectivity index (χ0v) is 13.9. The number of amides is 2. The number of benzene rings is 1. The number of hydrogen-bond acceptors (Lipinski definition) is 4. The van der Waals surface area contributed by atoms with Gasteiger partial charge in [-0.3, -0.25) is 4.79 Å². The third kappa shape index (κ3) is 6.26. The van der Waals surface area contributed by atoms with E-state index in [9.17, 15) is 22.8 Å². The predicted molar refractivity (Wildman–Crippen MR) is 83.6 cm³/mol. The van der Waals surface area contributed by atoms with Crippen LogP contribution in [0.2, 0.25) is 0 Å². The molecule has 0 radical (unpaired) electrons. The number of carbonyl (C=O) groups excluding carboxylic acids is 2. The van der Waals surface area contributed by atoms with Crippen LogP contribution in [0, 0.1) is 0 Å². The lowest BCUT2D eigenvalue weighted by Gasteiger charge is -2.30. The standard InChI is InChI=1S/C16H21F3N2O4/c1-15(2,25-14(20)24)9-11(13(23)21-7-8-22)10-5-3-4-6-12(10)16(17,18)19/h3-6,11,22H,7-9H2,1-2H3,(H2,20,24)(H,21,23). The van der Waals surface area contributed by atoms with Gasteiger partial charge in [0.25, 0.3) is 0 Å². The second-order valence-corrected chi connectivity index (χ2v) is 6.04. The van der Waals surface area contributed by atoms with Crippen molar-refractivity contribution in [3.63, 3.8) is 0 Å². The number of aliphatic hydroxyl groups is 1. The second kappa shape index (κ2) is 8.19. The van der Waals surface area contributed by atoms with Gasteiger partial charge in [0.05, 0.1) is 18.1 Å². The molecule has 1 aromatic carbocycles. The molecule has 0 spiro atoms. The molecule has 0 aliphatic heterocycles. The smallest absolute Gasteiger partial charge is 0.416 e. The summed E-state index contributed by atoms with van der Waals surface area (Å²) in [6.07, 6.45) is -5.97. The van der Waals surface area contributed by atoms with Gasteiger partial charge < -0.3 is 20.9 Å². The van der Waals surface area contributed by atoms with Crippen LogP contribution in [-0.4, -0.2) is 35.9 Å². The van der Waals surface area contributed by atoms with Gasteiger partial charge in [-0.1, -0.05) is 18.2 Å². The first-order valence-corrected chi connectivity index (χ1v) is 7.51. The molecule has 0 saturated heterocycles. The highest BCUT2D eigenvalue weighted by Gasteiger charge is 2.39. The Morgan fingerprint density at radius 1 is 1.28 bits per heavy atom. The summed E-state index contributed by atoms with van der Waals surface area (Å²) in [7, 11) is 0. The quantitative estimate of drug-likeness (QED) is 0.692. The molecule has 6 nitrogen and oxygen atoms in total. The number of rotatable bonds is 7. The molecule has 0 saturated carbocycles. The van der Waals surface area contributed by atoms with Gasteiger partial charge >= 0.3 is 12.3 Å². The molecular weight excluding hydrogens is 341 g/mol. The molecule has 1 rings (SSSR count). The number of ether oxygens (including phenoxy) is 1. The van der Waals surface area contributed by atoms with Gasteiger partial charge in [-0.05, 0) is 25.5 Å². The summed E-state index contributed by atoms with van der Waals surface area (Å²) in [5.74, 6) is -1.97. The highest BCUT2D eigenvalue weighted by molar-refractivity contribution is 5.84. The van der Waals surface area contributed by atoms with E-state index < -0.39 is 35.3 Å². The Balaban J connectivity index is 3.29. The lowest BCUT2D eigenvalue weighted by Crippen LogP contribution is -2.39. The Labute approximate surface area is 143 Å². The van der Waals surface area contributed by atoms with Gasteiger partial charge in [0.2, 0.25) is 5.91 Å². The molecule has 0 aromatic heterocycles. The van der Waals surface area contributed by atoms with Crippen molar-refractivity contribution in [3.05, 3.63) is 35.4 Å². The molecule has 9 heteroatoms. The normalized spacial score (nSPS) is 13.2. The first-order chi connectivity index (χ1) is 11.5. The fraction of sp³-hybridized carbons (Fsp3) is 0.500. The van der Waals surface area contributed by atoms with Crippen LogP contribution in [-0.2, 0) is 15.7 Å². The maximum atomic E-state index is 13.3. The number of primary amides is 1. The molecule has 0 aliphatic rings. The molecule has 0 fully saturated rings.